The fourth-order valence-corrected chi connectivity index (χ4v) is 2.53. The lowest BCUT2D eigenvalue weighted by Crippen LogP contribution is -2.14. The summed E-state index contributed by atoms with van der Waals surface area (Å²) in [5, 5.41) is 15.4. The topological polar surface area (TPSA) is 73.7 Å². The number of nitrogens with one attached hydrogen (secondary N) is 2. The van der Waals surface area contributed by atoms with Crippen LogP contribution in [0.2, 0.25) is 0 Å². The first-order valence-corrected chi connectivity index (χ1v) is 5.45. The van der Waals surface area contributed by atoms with Crippen molar-refractivity contribution in [3.63, 3.8) is 0 Å². The minimum Gasteiger partial charge on any atom is -0.384 e. The van der Waals surface area contributed by atoms with Crippen molar-refractivity contribution >= 4 is 22.9 Å². The highest BCUT2D eigenvalue weighted by atomic mass is 32.1. The molecule has 1 aromatic rings. The maximum Gasteiger partial charge on any atom is 0.124 e. The van der Waals surface area contributed by atoms with Crippen LogP contribution in [0.15, 0.2) is 6.07 Å². The van der Waals surface area contributed by atoms with Crippen LogP contribution in [0.5, 0.6) is 0 Å². The van der Waals surface area contributed by atoms with Crippen LogP contribution >= 0.6 is 11.3 Å². The first-order chi connectivity index (χ1) is 6.59. The molecule has 1 aliphatic carbocycles. The molecule has 2 rings (SSSR count). The second-order valence-corrected chi connectivity index (χ2v) is 4.96. The van der Waals surface area contributed by atoms with Crippen molar-refractivity contribution in [1.29, 1.82) is 10.8 Å². The van der Waals surface area contributed by atoms with Gasteiger partial charge in [-0.3, -0.25) is 5.41 Å². The Hall–Kier alpha value is -1.16. The molecule has 4 N–H and O–H groups in total. The quantitative estimate of drug-likeness (QED) is 0.515. The summed E-state index contributed by atoms with van der Waals surface area (Å²) in [6.07, 6.45) is 2.24. The molecule has 1 aromatic heterocycles. The molecule has 0 aliphatic heterocycles. The molecule has 3 nitrogen and oxygen atoms in total. The molecule has 74 valence electrons. The van der Waals surface area contributed by atoms with Gasteiger partial charge in [-0.05, 0) is 25.8 Å². The van der Waals surface area contributed by atoms with Crippen LogP contribution in [0, 0.1) is 23.7 Å². The SMILES string of the molecule is Cc1cc(C(=N)N)c(C(=N)C2CC2)s1. The van der Waals surface area contributed by atoms with Crippen molar-refractivity contribution in [3.05, 3.63) is 21.4 Å². The van der Waals surface area contributed by atoms with E-state index in [1.807, 2.05) is 13.0 Å². The number of hydrogen-bond donors (Lipinski definition) is 3. The molecular weight excluding hydrogens is 194 g/mol. The van der Waals surface area contributed by atoms with E-state index in [9.17, 15) is 0 Å². The normalized spacial score (nSPS) is 15.5. The highest BCUT2D eigenvalue weighted by Gasteiger charge is 2.29. The molecule has 1 saturated carbocycles. The lowest BCUT2D eigenvalue weighted by molar-refractivity contribution is 1.17. The van der Waals surface area contributed by atoms with Crippen LogP contribution in [0.3, 0.4) is 0 Å². The van der Waals surface area contributed by atoms with Crippen LogP contribution in [0.4, 0.5) is 0 Å². The minimum atomic E-state index is 0.0785. The van der Waals surface area contributed by atoms with Gasteiger partial charge < -0.3 is 11.1 Å². The largest absolute Gasteiger partial charge is 0.384 e. The van der Waals surface area contributed by atoms with Crippen molar-refractivity contribution in [2.75, 3.05) is 0 Å². The Morgan fingerprint density at radius 2 is 2.14 bits per heavy atom. The predicted octanol–water partition coefficient (Wildman–Crippen LogP) is 2.12. The van der Waals surface area contributed by atoms with E-state index in [2.05, 4.69) is 0 Å². The lowest BCUT2D eigenvalue weighted by Gasteiger charge is -2.01. The number of nitrogens with two attached hydrogens (primary N) is 1. The Balaban J connectivity index is 2.39. The summed E-state index contributed by atoms with van der Waals surface area (Å²) in [6, 6.07) is 1.90. The summed E-state index contributed by atoms with van der Waals surface area (Å²) in [7, 11) is 0. The number of hydrogen-bond acceptors (Lipinski definition) is 3. The number of rotatable bonds is 3. The summed E-state index contributed by atoms with van der Waals surface area (Å²) in [4.78, 5) is 2.02. The monoisotopic (exact) mass is 207 g/mol. The van der Waals surface area contributed by atoms with Crippen molar-refractivity contribution in [3.8, 4) is 0 Å². The van der Waals surface area contributed by atoms with Gasteiger partial charge in [0.05, 0.1) is 10.6 Å². The summed E-state index contributed by atoms with van der Waals surface area (Å²) >= 11 is 1.57. The molecule has 4 heteroatoms. The molecule has 1 heterocycles. The average Bonchev–Trinajstić information content (AvgIpc) is 2.87. The molecule has 1 aliphatic rings. The first-order valence-electron chi connectivity index (χ1n) is 4.63. The molecule has 0 radical (unpaired) electrons. The third kappa shape index (κ3) is 1.57. The second-order valence-electron chi connectivity index (χ2n) is 3.70. The standard InChI is InChI=1S/C10H13N3S/c1-5-4-7(10(12)13)9(14-5)8(11)6-2-3-6/h4,6,11H,2-3H2,1H3,(H3,12,13). The van der Waals surface area contributed by atoms with Crippen molar-refractivity contribution in [1.82, 2.24) is 0 Å². The zero-order valence-corrected chi connectivity index (χ0v) is 8.87. The van der Waals surface area contributed by atoms with Crippen LogP contribution in [-0.2, 0) is 0 Å². The van der Waals surface area contributed by atoms with E-state index in [1.54, 1.807) is 11.3 Å². The Labute approximate surface area is 87.0 Å². The van der Waals surface area contributed by atoms with Crippen LogP contribution in [0.25, 0.3) is 0 Å². The van der Waals surface area contributed by atoms with E-state index in [0.29, 0.717) is 11.6 Å². The zero-order chi connectivity index (χ0) is 10.3. The molecule has 0 atom stereocenters. The van der Waals surface area contributed by atoms with E-state index < -0.39 is 0 Å². The number of thiophene rings is 1. The van der Waals surface area contributed by atoms with Crippen LogP contribution in [-0.4, -0.2) is 11.5 Å². The molecule has 0 bridgehead atoms. The molecule has 0 spiro atoms. The van der Waals surface area contributed by atoms with Crippen molar-refractivity contribution in [2.45, 2.75) is 19.8 Å². The zero-order valence-electron chi connectivity index (χ0n) is 8.05. The van der Waals surface area contributed by atoms with Gasteiger partial charge in [-0.25, -0.2) is 0 Å². The van der Waals surface area contributed by atoms with Gasteiger partial charge in [-0.1, -0.05) is 0 Å². The third-order valence-electron chi connectivity index (χ3n) is 2.38. The van der Waals surface area contributed by atoms with Crippen molar-refractivity contribution in [2.24, 2.45) is 11.7 Å². The molecule has 0 aromatic carbocycles. The van der Waals surface area contributed by atoms with Gasteiger partial charge in [0.25, 0.3) is 0 Å². The molecule has 14 heavy (non-hydrogen) atoms. The molecule has 0 unspecified atom stereocenters. The van der Waals surface area contributed by atoms with Gasteiger partial charge in [-0.2, -0.15) is 0 Å². The van der Waals surface area contributed by atoms with Crippen molar-refractivity contribution < 1.29 is 0 Å². The van der Waals surface area contributed by atoms with Crippen LogP contribution in [0.1, 0.15) is 28.2 Å². The lowest BCUT2D eigenvalue weighted by atomic mass is 10.1. The Morgan fingerprint density at radius 3 is 2.64 bits per heavy atom. The van der Waals surface area contributed by atoms with Gasteiger partial charge in [0, 0.05) is 16.4 Å². The minimum absolute atomic E-state index is 0.0785. The Morgan fingerprint density at radius 1 is 1.50 bits per heavy atom. The maximum absolute atomic E-state index is 7.95. The number of nitrogen functional groups attached to an aromatic ring is 1. The van der Waals surface area contributed by atoms with Gasteiger partial charge in [0.1, 0.15) is 5.84 Å². The second kappa shape index (κ2) is 3.20. The Kier molecular flexibility index (Phi) is 2.15. The first kappa shape index (κ1) is 9.40. The van der Waals surface area contributed by atoms with E-state index in [1.165, 1.54) is 0 Å². The fourth-order valence-electron chi connectivity index (χ4n) is 1.47. The van der Waals surface area contributed by atoms with E-state index in [-0.39, 0.29) is 5.84 Å². The van der Waals surface area contributed by atoms with E-state index in [4.69, 9.17) is 16.6 Å². The highest BCUT2D eigenvalue weighted by Crippen LogP contribution is 2.35. The fraction of sp³-hybridized carbons (Fsp3) is 0.400. The molecule has 0 amide bonds. The Bertz CT molecular complexity index is 401. The average molecular weight is 207 g/mol. The highest BCUT2D eigenvalue weighted by molar-refractivity contribution is 7.14. The number of amidine groups is 1. The van der Waals surface area contributed by atoms with Gasteiger partial charge >= 0.3 is 0 Å². The van der Waals surface area contributed by atoms with Gasteiger partial charge in [0.15, 0.2) is 0 Å². The van der Waals surface area contributed by atoms with E-state index in [0.717, 1.165) is 28.2 Å². The van der Waals surface area contributed by atoms with Gasteiger partial charge in [0.2, 0.25) is 0 Å². The van der Waals surface area contributed by atoms with Crippen LogP contribution < -0.4 is 5.73 Å². The summed E-state index contributed by atoms with van der Waals surface area (Å²) < 4.78 is 0. The molecule has 0 saturated heterocycles. The summed E-state index contributed by atoms with van der Waals surface area (Å²) in [5.41, 5.74) is 6.89. The molecule has 1 fully saturated rings. The third-order valence-corrected chi connectivity index (χ3v) is 3.46. The smallest absolute Gasteiger partial charge is 0.124 e. The maximum atomic E-state index is 7.95. The van der Waals surface area contributed by atoms with E-state index >= 15 is 0 Å². The number of aryl methyl sites for hydroxylation is 1. The summed E-state index contributed by atoms with van der Waals surface area (Å²) in [5.74, 6) is 0.501. The van der Waals surface area contributed by atoms with Gasteiger partial charge in [-0.15, -0.1) is 11.3 Å². The predicted molar refractivity (Wildman–Crippen MR) is 59.6 cm³/mol. The molecular formula is C10H13N3S. The summed E-state index contributed by atoms with van der Waals surface area (Å²) in [6.45, 7) is 1.99.